The number of nitrogens with zero attached hydrogens (tertiary/aromatic N) is 4. The van der Waals surface area contributed by atoms with Crippen LogP contribution >= 0.6 is 11.8 Å². The maximum Gasteiger partial charge on any atom is 0.512 e. The van der Waals surface area contributed by atoms with Gasteiger partial charge in [0.05, 0.1) is 36.6 Å². The van der Waals surface area contributed by atoms with E-state index in [0.717, 1.165) is 18.2 Å². The normalized spacial score (nSPS) is 18.3. The van der Waals surface area contributed by atoms with Crippen molar-refractivity contribution in [3.05, 3.63) is 101 Å². The first-order valence-electron chi connectivity index (χ1n) is 15.9. The number of esters is 1. The third kappa shape index (κ3) is 11.4. The van der Waals surface area contributed by atoms with Crippen molar-refractivity contribution in [3.8, 4) is 6.07 Å². The molecule has 17 heteroatoms. The standard InChI is InChI=1S/C35H35F3N4O9S/c1-22(52-27-17-47-33(48-18-27)9-4-3-6-25-11-10-24(16-39)14-29(25)37)35(19-42-21-40-20-41-42,28-13-12-26(36)15-30(28)38)51-34(46)50-23(2)49-32(45)8-5-7-31(43)44/h3-4,6,9-15,20-23,27,33H,5,7-8,17-19H2,1-2H3,(H,43,44)/b6-3+,9-4+/t22-,23?,27?,33?,35-/m1/s1. The number of ether oxygens (including phenoxy) is 5. The van der Waals surface area contributed by atoms with Crippen LogP contribution in [0.4, 0.5) is 18.0 Å². The second kappa shape index (κ2) is 18.9. The number of hydrogen-bond donors (Lipinski definition) is 1. The summed E-state index contributed by atoms with van der Waals surface area (Å²) in [7, 11) is 0. The maximum atomic E-state index is 15.6. The lowest BCUT2D eigenvalue weighted by atomic mass is 9.89. The number of benzene rings is 2. The molecule has 1 fully saturated rings. The summed E-state index contributed by atoms with van der Waals surface area (Å²) >= 11 is 1.23. The summed E-state index contributed by atoms with van der Waals surface area (Å²) < 4.78 is 72.9. The zero-order valence-electron chi connectivity index (χ0n) is 28.0. The molecule has 0 amide bonds. The van der Waals surface area contributed by atoms with Crippen LogP contribution in [0.25, 0.3) is 6.08 Å². The van der Waals surface area contributed by atoms with Crippen LogP contribution in [-0.2, 0) is 45.4 Å². The molecule has 0 aliphatic carbocycles. The van der Waals surface area contributed by atoms with E-state index in [-0.39, 0.29) is 55.4 Å². The summed E-state index contributed by atoms with van der Waals surface area (Å²) in [6.45, 7) is 2.91. The molecule has 4 rings (SSSR count). The van der Waals surface area contributed by atoms with Gasteiger partial charge in [0.15, 0.2) is 11.9 Å². The summed E-state index contributed by atoms with van der Waals surface area (Å²) in [6.07, 6.45) is 4.85. The molecule has 1 aromatic heterocycles. The highest BCUT2D eigenvalue weighted by molar-refractivity contribution is 8.00. The number of hydrogen-bond acceptors (Lipinski definition) is 12. The van der Waals surface area contributed by atoms with Gasteiger partial charge in [-0.25, -0.2) is 27.6 Å². The van der Waals surface area contributed by atoms with E-state index in [2.05, 4.69) is 10.1 Å². The second-order valence-corrected chi connectivity index (χ2v) is 13.1. The average Bonchev–Trinajstić information content (AvgIpc) is 3.60. The third-order valence-electron chi connectivity index (χ3n) is 7.58. The van der Waals surface area contributed by atoms with E-state index in [9.17, 15) is 23.2 Å². The lowest BCUT2D eigenvalue weighted by Gasteiger charge is -2.40. The number of rotatable bonds is 16. The summed E-state index contributed by atoms with van der Waals surface area (Å²) in [5, 5.41) is 20.6. The predicted octanol–water partition coefficient (Wildman–Crippen LogP) is 5.89. The quantitative estimate of drug-likeness (QED) is 0.105. The first kappa shape index (κ1) is 39.6. The molecule has 52 heavy (non-hydrogen) atoms. The number of carboxylic acid groups (broad SMARTS) is 1. The fourth-order valence-corrected chi connectivity index (χ4v) is 6.45. The topological polar surface area (TPSA) is 172 Å². The third-order valence-corrected chi connectivity index (χ3v) is 9.02. The zero-order chi connectivity index (χ0) is 37.7. The van der Waals surface area contributed by atoms with Crippen LogP contribution in [0, 0.1) is 28.8 Å². The van der Waals surface area contributed by atoms with Crippen molar-refractivity contribution in [1.82, 2.24) is 14.8 Å². The number of aliphatic carboxylic acids is 1. The molecule has 1 aliphatic heterocycles. The maximum absolute atomic E-state index is 15.6. The Morgan fingerprint density at radius 2 is 1.87 bits per heavy atom. The van der Waals surface area contributed by atoms with Crippen molar-refractivity contribution in [2.24, 2.45) is 0 Å². The molecule has 1 unspecified atom stereocenters. The van der Waals surface area contributed by atoms with Crippen molar-refractivity contribution in [3.63, 3.8) is 0 Å². The van der Waals surface area contributed by atoms with Crippen LogP contribution in [0.1, 0.15) is 49.8 Å². The van der Waals surface area contributed by atoms with E-state index in [0.29, 0.717) is 11.6 Å². The van der Waals surface area contributed by atoms with Crippen molar-refractivity contribution in [2.75, 3.05) is 13.2 Å². The van der Waals surface area contributed by atoms with Crippen molar-refractivity contribution < 1.29 is 56.3 Å². The average molecular weight is 745 g/mol. The number of allylic oxidation sites excluding steroid dienone is 2. The summed E-state index contributed by atoms with van der Waals surface area (Å²) in [5.41, 5.74) is -1.62. The number of thioether (sulfide) groups is 1. The number of carboxylic acids is 1. The highest BCUT2D eigenvalue weighted by Gasteiger charge is 2.47. The van der Waals surface area contributed by atoms with Gasteiger partial charge < -0.3 is 28.8 Å². The fourth-order valence-electron chi connectivity index (χ4n) is 5.09. The van der Waals surface area contributed by atoms with E-state index >= 15 is 4.39 Å². The first-order chi connectivity index (χ1) is 24.9. The summed E-state index contributed by atoms with van der Waals surface area (Å²) in [6, 6.07) is 8.81. The fraction of sp³-hybridized carbons (Fsp3) is 0.371. The van der Waals surface area contributed by atoms with Gasteiger partial charge in [0.1, 0.15) is 30.1 Å². The molecule has 0 radical (unpaired) electrons. The zero-order valence-corrected chi connectivity index (χ0v) is 28.8. The molecule has 1 saturated heterocycles. The van der Waals surface area contributed by atoms with E-state index < -0.39 is 59.0 Å². The van der Waals surface area contributed by atoms with E-state index in [1.165, 1.54) is 54.2 Å². The van der Waals surface area contributed by atoms with Crippen LogP contribution in [0.5, 0.6) is 0 Å². The van der Waals surface area contributed by atoms with Gasteiger partial charge in [-0.2, -0.15) is 10.4 Å². The Bertz CT molecular complexity index is 1800. The monoisotopic (exact) mass is 744 g/mol. The first-order valence-corrected chi connectivity index (χ1v) is 16.8. The van der Waals surface area contributed by atoms with Crippen molar-refractivity contribution in [1.29, 1.82) is 5.26 Å². The smallest absolute Gasteiger partial charge is 0.481 e. The Labute approximate surface area is 301 Å². The molecule has 2 heterocycles. The number of carbonyl (C=O) groups is 3. The molecule has 0 saturated carbocycles. The lowest BCUT2D eigenvalue weighted by molar-refractivity contribution is -0.171. The Balaban J connectivity index is 1.47. The predicted molar refractivity (Wildman–Crippen MR) is 178 cm³/mol. The molecule has 3 aromatic rings. The molecular weight excluding hydrogens is 709 g/mol. The van der Waals surface area contributed by atoms with Crippen LogP contribution in [0.2, 0.25) is 0 Å². The van der Waals surface area contributed by atoms with Gasteiger partial charge in [-0.05, 0) is 43.7 Å². The number of aromatic nitrogens is 3. The second-order valence-electron chi connectivity index (χ2n) is 11.4. The molecule has 1 N–H and O–H groups in total. The van der Waals surface area contributed by atoms with Crippen molar-refractivity contribution >= 4 is 35.9 Å². The molecule has 2 aromatic carbocycles. The minimum Gasteiger partial charge on any atom is -0.481 e. The number of carbonyl (C=O) groups excluding carboxylic acids is 2. The molecular formula is C35H35F3N4O9S. The van der Waals surface area contributed by atoms with Crippen LogP contribution in [0.15, 0.2) is 67.3 Å². The number of halogens is 3. The Hall–Kier alpha value is -5.18. The van der Waals surface area contributed by atoms with Gasteiger partial charge in [0, 0.05) is 42.2 Å². The van der Waals surface area contributed by atoms with E-state index in [4.69, 9.17) is 34.1 Å². The van der Waals surface area contributed by atoms with Crippen LogP contribution in [0.3, 0.4) is 0 Å². The molecule has 3 atom stereocenters. The minimum atomic E-state index is -1.92. The van der Waals surface area contributed by atoms with Gasteiger partial charge in [0.25, 0.3) is 0 Å². The summed E-state index contributed by atoms with van der Waals surface area (Å²) in [5.74, 6) is -4.33. The van der Waals surface area contributed by atoms with Gasteiger partial charge in [0.2, 0.25) is 6.29 Å². The summed E-state index contributed by atoms with van der Waals surface area (Å²) in [4.78, 5) is 40.0. The Morgan fingerprint density at radius 3 is 2.52 bits per heavy atom. The van der Waals surface area contributed by atoms with Crippen molar-refractivity contribution in [2.45, 2.75) is 68.3 Å². The van der Waals surface area contributed by atoms with Gasteiger partial charge >= 0.3 is 18.1 Å². The molecule has 0 spiro atoms. The molecule has 1 aliphatic rings. The van der Waals surface area contributed by atoms with Gasteiger partial charge in [-0.3, -0.25) is 9.59 Å². The lowest BCUT2D eigenvalue weighted by Crippen LogP contribution is -2.47. The highest BCUT2D eigenvalue weighted by Crippen LogP contribution is 2.42. The Kier molecular flexibility index (Phi) is 14.4. The SMILES string of the molecule is CC(OC(=O)CCCC(=O)O)OC(=O)O[C@@](Cn1cncn1)(c1ccc(F)cc1F)[C@@H](C)SC1COC(/C=C/C=C/c2ccc(C#N)cc2F)OC1. The molecule has 13 nitrogen and oxygen atoms in total. The van der Waals surface area contributed by atoms with E-state index in [1.807, 2.05) is 6.07 Å². The Morgan fingerprint density at radius 1 is 1.10 bits per heavy atom. The van der Waals surface area contributed by atoms with E-state index in [1.54, 1.807) is 25.2 Å². The molecule has 0 bridgehead atoms. The van der Waals surface area contributed by atoms with Crippen LogP contribution < -0.4 is 0 Å². The molecule has 276 valence electrons. The minimum absolute atomic E-state index is 0.00865. The number of nitriles is 1. The van der Waals surface area contributed by atoms with Gasteiger partial charge in [-0.15, -0.1) is 11.8 Å². The van der Waals surface area contributed by atoms with Crippen LogP contribution in [-0.4, -0.2) is 74.3 Å². The van der Waals surface area contributed by atoms with Gasteiger partial charge in [-0.1, -0.05) is 24.3 Å². The largest absolute Gasteiger partial charge is 0.512 e. The highest BCUT2D eigenvalue weighted by atomic mass is 32.2.